The van der Waals surface area contributed by atoms with Crippen molar-refractivity contribution in [2.24, 2.45) is 11.8 Å². The number of pyridine rings is 1. The van der Waals surface area contributed by atoms with Crippen molar-refractivity contribution in [3.8, 4) is 6.07 Å². The van der Waals surface area contributed by atoms with Gasteiger partial charge >= 0.3 is 0 Å². The minimum absolute atomic E-state index is 0. The number of fused-ring (bicyclic) bond motifs is 6. The number of hydrogen-bond donors (Lipinski definition) is 1. The Bertz CT molecular complexity index is 1700. The fourth-order valence-corrected chi connectivity index (χ4v) is 8.07. The van der Waals surface area contributed by atoms with Crippen LogP contribution in [-0.4, -0.2) is 33.7 Å². The first-order valence-electron chi connectivity index (χ1n) is 14.3. The van der Waals surface area contributed by atoms with Crippen LogP contribution < -0.4 is 17.0 Å². The van der Waals surface area contributed by atoms with Gasteiger partial charge in [0.25, 0.3) is 0 Å². The minimum Gasteiger partial charge on any atom is -1.00 e. The van der Waals surface area contributed by atoms with Crippen LogP contribution >= 0.6 is 0 Å². The molecule has 0 unspecified atom stereocenters. The van der Waals surface area contributed by atoms with Gasteiger partial charge in [-0.2, -0.15) is 5.26 Å². The smallest absolute Gasteiger partial charge is 0.131 e. The van der Waals surface area contributed by atoms with Gasteiger partial charge in [-0.1, -0.05) is 73.7 Å². The maximum Gasteiger partial charge on any atom is 0.131 e. The normalized spacial score (nSPS) is 24.6. The van der Waals surface area contributed by atoms with Gasteiger partial charge in [0.2, 0.25) is 0 Å². The summed E-state index contributed by atoms with van der Waals surface area (Å²) in [6.45, 7) is 5.36. The summed E-state index contributed by atoms with van der Waals surface area (Å²) in [6.07, 6.45) is 4.72. The molecule has 1 aromatic heterocycles. The van der Waals surface area contributed by atoms with Crippen LogP contribution in [0.5, 0.6) is 0 Å². The molecule has 3 fully saturated rings. The number of benzene rings is 4. The van der Waals surface area contributed by atoms with E-state index in [2.05, 4.69) is 60.4 Å². The van der Waals surface area contributed by atoms with Gasteiger partial charge in [-0.05, 0) is 40.8 Å². The predicted octanol–water partition coefficient (Wildman–Crippen LogP) is 4.29. The molecule has 4 aromatic carbocycles. The van der Waals surface area contributed by atoms with Crippen molar-refractivity contribution in [1.29, 1.82) is 5.26 Å². The molecule has 1 N–H and O–H groups in total. The SMILES string of the molecule is CC[C@H]1C[N@+]2(Cc3c4ccccc4c(C#N)c4ccccc34)CC[C@H]1C[C@@H]2[C@@H](O)c1ccnc2ccccc12.[Br-]. The average molecular weight is 593 g/mol. The lowest BCUT2D eigenvalue weighted by atomic mass is 9.70. The van der Waals surface area contributed by atoms with Crippen molar-refractivity contribution in [2.45, 2.75) is 44.9 Å². The largest absolute Gasteiger partial charge is 1.00 e. The Morgan fingerprint density at radius 2 is 1.55 bits per heavy atom. The molecule has 0 aliphatic carbocycles. The van der Waals surface area contributed by atoms with Crippen molar-refractivity contribution >= 4 is 32.4 Å². The number of aromatic nitrogens is 1. The van der Waals surface area contributed by atoms with Crippen LogP contribution in [0.4, 0.5) is 0 Å². The molecule has 4 nitrogen and oxygen atoms in total. The second-order valence-corrected chi connectivity index (χ2v) is 11.7. The van der Waals surface area contributed by atoms with Gasteiger partial charge in [0.1, 0.15) is 24.8 Å². The topological polar surface area (TPSA) is 56.9 Å². The Labute approximate surface area is 246 Å². The number of hydrogen-bond acceptors (Lipinski definition) is 3. The van der Waals surface area contributed by atoms with E-state index in [1.54, 1.807) is 0 Å². The zero-order valence-corrected chi connectivity index (χ0v) is 24.4. The maximum atomic E-state index is 12.2. The second kappa shape index (κ2) is 10.6. The molecule has 0 radical (unpaired) electrons. The van der Waals surface area contributed by atoms with E-state index in [0.29, 0.717) is 11.8 Å². The summed E-state index contributed by atoms with van der Waals surface area (Å²) in [5, 5.41) is 27.8. The third kappa shape index (κ3) is 4.13. The first-order valence-corrected chi connectivity index (χ1v) is 14.3. The van der Waals surface area contributed by atoms with Gasteiger partial charge in [0, 0.05) is 46.7 Å². The zero-order valence-electron chi connectivity index (χ0n) is 22.8. The Hall–Kier alpha value is -3.30. The van der Waals surface area contributed by atoms with E-state index in [0.717, 1.165) is 63.3 Å². The molecule has 3 aliphatic rings. The van der Waals surface area contributed by atoms with Crippen molar-refractivity contribution in [3.05, 3.63) is 102 Å². The lowest BCUT2D eigenvalue weighted by Crippen LogP contribution is -3.00. The van der Waals surface area contributed by atoms with Gasteiger partial charge in [0.05, 0.1) is 24.2 Å². The van der Waals surface area contributed by atoms with Crippen LogP contribution in [0, 0.1) is 23.2 Å². The molecule has 8 rings (SSSR count). The lowest BCUT2D eigenvalue weighted by molar-refractivity contribution is -0.985. The molecule has 5 heteroatoms. The first kappa shape index (κ1) is 26.9. The number of rotatable bonds is 5. The standard InChI is InChI=1S/C35H34N3O.BrH/c1-2-23-21-38(22-32-27-11-5-3-9-25(27)31(20-36)26-10-4-6-12-28(26)32)18-16-24(23)19-34(38)35(39)30-15-17-37-33-14-8-7-13-29(30)33;/h3-15,17,23-24,34-35,39H,2,16,18-19,21-22H2,1H3;1H/q+1;/p-1/t23-,24-,34+,35-,38-;/m0./s1. The van der Waals surface area contributed by atoms with Crippen molar-refractivity contribution in [1.82, 2.24) is 4.98 Å². The van der Waals surface area contributed by atoms with Crippen molar-refractivity contribution in [2.75, 3.05) is 13.1 Å². The number of aliphatic hydroxyl groups is 1. The molecule has 2 bridgehead atoms. The molecule has 202 valence electrons. The van der Waals surface area contributed by atoms with Crippen LogP contribution in [0.15, 0.2) is 85.1 Å². The number of halogens is 1. The van der Waals surface area contributed by atoms with E-state index in [1.165, 1.54) is 29.2 Å². The number of piperidine rings is 3. The molecule has 3 aliphatic heterocycles. The van der Waals surface area contributed by atoms with E-state index in [-0.39, 0.29) is 23.0 Å². The summed E-state index contributed by atoms with van der Waals surface area (Å²) >= 11 is 0. The third-order valence-electron chi connectivity index (χ3n) is 9.98. The Balaban J connectivity index is 0.00000289. The maximum absolute atomic E-state index is 12.2. The van der Waals surface area contributed by atoms with E-state index < -0.39 is 6.10 Å². The number of nitriles is 1. The highest BCUT2D eigenvalue weighted by molar-refractivity contribution is 6.07. The van der Waals surface area contributed by atoms with E-state index in [9.17, 15) is 10.4 Å². The van der Waals surface area contributed by atoms with Crippen LogP contribution in [0.2, 0.25) is 0 Å². The summed E-state index contributed by atoms with van der Waals surface area (Å²) in [7, 11) is 0. The fraction of sp³-hybridized carbons (Fsp3) is 0.314. The predicted molar refractivity (Wildman–Crippen MR) is 157 cm³/mol. The first-order chi connectivity index (χ1) is 19.1. The highest BCUT2D eigenvalue weighted by Crippen LogP contribution is 2.49. The minimum atomic E-state index is -0.561. The van der Waals surface area contributed by atoms with Crippen LogP contribution in [0.1, 0.15) is 49.0 Å². The lowest BCUT2D eigenvalue weighted by Gasteiger charge is -2.58. The van der Waals surface area contributed by atoms with Gasteiger partial charge < -0.3 is 26.6 Å². The molecule has 5 aromatic rings. The molecular weight excluding hydrogens is 558 g/mol. The summed E-state index contributed by atoms with van der Waals surface area (Å²) < 4.78 is 0.896. The Morgan fingerprint density at radius 1 is 0.925 bits per heavy atom. The number of aliphatic hydroxyl groups excluding tert-OH is 1. The molecule has 3 saturated heterocycles. The Morgan fingerprint density at radius 3 is 2.20 bits per heavy atom. The van der Waals surface area contributed by atoms with E-state index in [4.69, 9.17) is 0 Å². The fourth-order valence-electron chi connectivity index (χ4n) is 8.07. The molecule has 0 saturated carbocycles. The molecule has 4 heterocycles. The summed E-state index contributed by atoms with van der Waals surface area (Å²) in [4.78, 5) is 4.57. The summed E-state index contributed by atoms with van der Waals surface area (Å²) in [5.41, 5.74) is 4.01. The van der Waals surface area contributed by atoms with Crippen LogP contribution in [0.25, 0.3) is 32.4 Å². The second-order valence-electron chi connectivity index (χ2n) is 11.7. The average Bonchev–Trinajstić information content (AvgIpc) is 3.00. The number of para-hydroxylation sites is 1. The summed E-state index contributed by atoms with van der Waals surface area (Å²) in [5.74, 6) is 1.34. The number of quaternary nitrogens is 1. The van der Waals surface area contributed by atoms with Gasteiger partial charge in [-0.15, -0.1) is 0 Å². The molecule has 40 heavy (non-hydrogen) atoms. The summed E-state index contributed by atoms with van der Waals surface area (Å²) in [6, 6.07) is 29.6. The van der Waals surface area contributed by atoms with Crippen LogP contribution in [0.3, 0.4) is 0 Å². The van der Waals surface area contributed by atoms with Crippen molar-refractivity contribution < 1.29 is 26.6 Å². The van der Waals surface area contributed by atoms with E-state index >= 15 is 0 Å². The van der Waals surface area contributed by atoms with Crippen LogP contribution in [-0.2, 0) is 6.54 Å². The third-order valence-corrected chi connectivity index (χ3v) is 9.98. The van der Waals surface area contributed by atoms with Gasteiger partial charge in [0.15, 0.2) is 0 Å². The van der Waals surface area contributed by atoms with Gasteiger partial charge in [-0.3, -0.25) is 4.98 Å². The molecule has 0 spiro atoms. The molecule has 5 atom stereocenters. The monoisotopic (exact) mass is 591 g/mol. The Kier molecular flexibility index (Phi) is 7.12. The quantitative estimate of drug-likeness (QED) is 0.245. The highest BCUT2D eigenvalue weighted by atomic mass is 79.9. The molecular formula is C35H34BrN3O. The number of nitrogens with zero attached hydrogens (tertiary/aromatic N) is 3. The molecule has 0 amide bonds. The highest BCUT2D eigenvalue weighted by Gasteiger charge is 2.54. The van der Waals surface area contributed by atoms with E-state index in [1.807, 2.05) is 42.6 Å². The zero-order chi connectivity index (χ0) is 26.6. The van der Waals surface area contributed by atoms with Gasteiger partial charge in [-0.25, -0.2) is 0 Å². The van der Waals surface area contributed by atoms with Crippen molar-refractivity contribution in [3.63, 3.8) is 0 Å².